The Morgan fingerprint density at radius 2 is 1.13 bits per heavy atom. The summed E-state index contributed by atoms with van der Waals surface area (Å²) in [5.41, 5.74) is 11.9. The summed E-state index contributed by atoms with van der Waals surface area (Å²) in [5.74, 6) is 0.591. The van der Waals surface area contributed by atoms with Crippen molar-refractivity contribution in [2.75, 3.05) is 4.90 Å². The van der Waals surface area contributed by atoms with E-state index in [1.54, 1.807) is 0 Å². The number of furan rings is 1. The smallest absolute Gasteiger partial charge is 0.227 e. The number of benzene rings is 8. The van der Waals surface area contributed by atoms with Crippen LogP contribution in [0.25, 0.3) is 86.9 Å². The number of aromatic nitrogens is 1. The molecule has 0 bridgehead atoms. The molecule has 0 spiro atoms. The van der Waals surface area contributed by atoms with Crippen LogP contribution >= 0.6 is 11.3 Å². The van der Waals surface area contributed by atoms with E-state index in [1.807, 2.05) is 53.8 Å². The molecule has 0 amide bonds. The van der Waals surface area contributed by atoms with Crippen LogP contribution in [0.2, 0.25) is 0 Å². The van der Waals surface area contributed by atoms with Gasteiger partial charge in [0.15, 0.2) is 5.58 Å². The van der Waals surface area contributed by atoms with Gasteiger partial charge < -0.3 is 13.7 Å². The number of hydrogen-bond donors (Lipinski definition) is 0. The average Bonchev–Trinajstić information content (AvgIpc) is 3.95. The minimum atomic E-state index is 0.591. The largest absolute Gasteiger partial charge is 0.456 e. The summed E-state index contributed by atoms with van der Waals surface area (Å²) in [6.45, 7) is 0. The summed E-state index contributed by atoms with van der Waals surface area (Å²) in [5, 5.41) is 4.50. The standard InChI is InChI=1S/C49H30N2O2S/c1-3-12-31(13-4-1)36-16-7-9-20-42(36)51(34-24-22-32(23-25-34)37-18-11-19-39-38-17-8-10-21-45(38)54-48(37)39)35-26-28-43-40(30-35)46-44(52-43)29-27-41-47(46)53-49(50-41)33-14-5-2-6-15-33/h1-30H. The van der Waals surface area contributed by atoms with Crippen LogP contribution in [0.15, 0.2) is 191 Å². The maximum atomic E-state index is 6.50. The number of hydrogen-bond acceptors (Lipinski definition) is 5. The van der Waals surface area contributed by atoms with Crippen molar-refractivity contribution in [2.45, 2.75) is 0 Å². The zero-order chi connectivity index (χ0) is 35.6. The Balaban J connectivity index is 1.10. The Hall–Kier alpha value is -6.95. The Morgan fingerprint density at radius 1 is 0.463 bits per heavy atom. The van der Waals surface area contributed by atoms with E-state index in [2.05, 4.69) is 144 Å². The third kappa shape index (κ3) is 4.94. The molecule has 5 heteroatoms. The van der Waals surface area contributed by atoms with Gasteiger partial charge >= 0.3 is 0 Å². The molecule has 3 aromatic heterocycles. The fourth-order valence-corrected chi connectivity index (χ4v) is 9.04. The van der Waals surface area contributed by atoms with E-state index >= 15 is 0 Å². The van der Waals surface area contributed by atoms with Crippen LogP contribution in [-0.4, -0.2) is 4.98 Å². The molecule has 8 aromatic carbocycles. The van der Waals surface area contributed by atoms with Crippen molar-refractivity contribution in [3.8, 4) is 33.7 Å². The predicted molar refractivity (Wildman–Crippen MR) is 225 cm³/mol. The normalized spacial score (nSPS) is 11.7. The fraction of sp³-hybridized carbons (Fsp3) is 0. The van der Waals surface area contributed by atoms with Crippen LogP contribution in [0.5, 0.6) is 0 Å². The van der Waals surface area contributed by atoms with Gasteiger partial charge in [0.2, 0.25) is 5.89 Å². The molecule has 0 aliphatic heterocycles. The Bertz CT molecular complexity index is 3160. The lowest BCUT2D eigenvalue weighted by Gasteiger charge is -2.28. The van der Waals surface area contributed by atoms with Crippen molar-refractivity contribution >= 4 is 81.6 Å². The zero-order valence-electron chi connectivity index (χ0n) is 28.9. The van der Waals surface area contributed by atoms with Gasteiger partial charge in [-0.1, -0.05) is 115 Å². The maximum absolute atomic E-state index is 6.50. The molecule has 0 saturated carbocycles. The highest BCUT2D eigenvalue weighted by Crippen LogP contribution is 2.45. The van der Waals surface area contributed by atoms with Gasteiger partial charge in [0, 0.05) is 48.1 Å². The van der Waals surface area contributed by atoms with Crippen LogP contribution in [0.4, 0.5) is 17.1 Å². The molecule has 0 N–H and O–H groups in total. The summed E-state index contributed by atoms with van der Waals surface area (Å²) >= 11 is 1.86. The second kappa shape index (κ2) is 12.3. The lowest BCUT2D eigenvalue weighted by molar-refractivity contribution is 0.622. The van der Waals surface area contributed by atoms with Crippen molar-refractivity contribution in [1.82, 2.24) is 4.98 Å². The van der Waals surface area contributed by atoms with Gasteiger partial charge in [0.1, 0.15) is 16.7 Å². The van der Waals surface area contributed by atoms with Crippen molar-refractivity contribution < 1.29 is 8.83 Å². The molecule has 0 aliphatic rings. The number of oxazole rings is 1. The lowest BCUT2D eigenvalue weighted by atomic mass is 10.00. The molecule has 0 fully saturated rings. The van der Waals surface area contributed by atoms with E-state index in [9.17, 15) is 0 Å². The van der Waals surface area contributed by atoms with Crippen molar-refractivity contribution in [3.05, 3.63) is 182 Å². The number of thiophene rings is 1. The van der Waals surface area contributed by atoms with Gasteiger partial charge in [-0.3, -0.25) is 0 Å². The summed E-state index contributed by atoms with van der Waals surface area (Å²) < 4.78 is 15.5. The van der Waals surface area contributed by atoms with Crippen LogP contribution in [0, 0.1) is 0 Å². The van der Waals surface area contributed by atoms with Crippen LogP contribution in [0.1, 0.15) is 0 Å². The molecule has 3 heterocycles. The first-order chi connectivity index (χ1) is 26.8. The minimum absolute atomic E-state index is 0.591. The highest BCUT2D eigenvalue weighted by atomic mass is 32.1. The van der Waals surface area contributed by atoms with E-state index in [1.165, 1.54) is 31.3 Å². The average molecular weight is 711 g/mol. The minimum Gasteiger partial charge on any atom is -0.456 e. The third-order valence-corrected chi connectivity index (χ3v) is 11.5. The molecular weight excluding hydrogens is 681 g/mol. The molecule has 0 saturated heterocycles. The molecular formula is C49H30N2O2S. The van der Waals surface area contributed by atoms with Gasteiger partial charge in [-0.05, 0) is 83.4 Å². The predicted octanol–water partition coefficient (Wildman–Crippen LogP) is 14.6. The Kier molecular flexibility index (Phi) is 7.00. The van der Waals surface area contributed by atoms with Crippen molar-refractivity contribution in [3.63, 3.8) is 0 Å². The van der Waals surface area contributed by atoms with Gasteiger partial charge in [-0.25, -0.2) is 4.98 Å². The van der Waals surface area contributed by atoms with E-state index < -0.39 is 0 Å². The molecule has 54 heavy (non-hydrogen) atoms. The topological polar surface area (TPSA) is 42.4 Å². The molecule has 0 atom stereocenters. The van der Waals surface area contributed by atoms with Gasteiger partial charge in [0.05, 0.1) is 11.1 Å². The quantitative estimate of drug-likeness (QED) is 0.172. The highest BCUT2D eigenvalue weighted by molar-refractivity contribution is 7.26. The van der Waals surface area contributed by atoms with E-state index in [4.69, 9.17) is 13.8 Å². The van der Waals surface area contributed by atoms with Gasteiger partial charge in [-0.15, -0.1) is 11.3 Å². The van der Waals surface area contributed by atoms with Gasteiger partial charge in [-0.2, -0.15) is 0 Å². The molecule has 11 rings (SSSR count). The third-order valence-electron chi connectivity index (χ3n) is 10.3. The molecule has 254 valence electrons. The van der Waals surface area contributed by atoms with Gasteiger partial charge in [0.25, 0.3) is 0 Å². The summed E-state index contributed by atoms with van der Waals surface area (Å²) in [6, 6.07) is 63.9. The number of nitrogens with zero attached hydrogens (tertiary/aromatic N) is 2. The zero-order valence-corrected chi connectivity index (χ0v) is 29.8. The first-order valence-corrected chi connectivity index (χ1v) is 18.8. The van der Waals surface area contributed by atoms with Crippen molar-refractivity contribution in [1.29, 1.82) is 0 Å². The SMILES string of the molecule is c1ccc(-c2nc3ccc4oc5ccc(N(c6ccc(-c7cccc8c7sc7ccccc78)cc6)c6ccccc6-c6ccccc6)cc5c4c3o2)cc1. The maximum Gasteiger partial charge on any atom is 0.227 e. The number of anilines is 3. The summed E-state index contributed by atoms with van der Waals surface area (Å²) in [7, 11) is 0. The molecule has 0 radical (unpaired) electrons. The summed E-state index contributed by atoms with van der Waals surface area (Å²) in [6.07, 6.45) is 0. The number of fused-ring (bicyclic) bond motifs is 8. The lowest BCUT2D eigenvalue weighted by Crippen LogP contribution is -2.11. The van der Waals surface area contributed by atoms with Crippen LogP contribution < -0.4 is 4.90 Å². The fourth-order valence-electron chi connectivity index (χ4n) is 7.80. The number of rotatable bonds is 6. The molecule has 11 aromatic rings. The molecule has 0 unspecified atom stereocenters. The van der Waals surface area contributed by atoms with E-state index in [-0.39, 0.29) is 0 Å². The second-order valence-corrected chi connectivity index (χ2v) is 14.6. The molecule has 4 nitrogen and oxygen atoms in total. The first kappa shape index (κ1) is 30.7. The molecule has 0 aliphatic carbocycles. The Labute approximate surface area is 314 Å². The second-order valence-electron chi connectivity index (χ2n) is 13.5. The first-order valence-electron chi connectivity index (χ1n) is 18.0. The Morgan fingerprint density at radius 3 is 1.98 bits per heavy atom. The monoisotopic (exact) mass is 710 g/mol. The highest BCUT2D eigenvalue weighted by Gasteiger charge is 2.21. The van der Waals surface area contributed by atoms with E-state index in [0.717, 1.165) is 66.8 Å². The van der Waals surface area contributed by atoms with Crippen LogP contribution in [-0.2, 0) is 0 Å². The van der Waals surface area contributed by atoms with Crippen LogP contribution in [0.3, 0.4) is 0 Å². The van der Waals surface area contributed by atoms with E-state index in [0.29, 0.717) is 5.89 Å². The number of para-hydroxylation sites is 1. The van der Waals surface area contributed by atoms with Crippen molar-refractivity contribution in [2.24, 2.45) is 0 Å². The summed E-state index contributed by atoms with van der Waals surface area (Å²) in [4.78, 5) is 7.21.